The van der Waals surface area contributed by atoms with Crippen molar-refractivity contribution in [3.8, 4) is 0 Å². The van der Waals surface area contributed by atoms with Crippen LogP contribution in [0.15, 0.2) is 0 Å². The van der Waals surface area contributed by atoms with Gasteiger partial charge in [-0.2, -0.15) is 0 Å². The topological polar surface area (TPSA) is 106 Å². The maximum absolute atomic E-state index is 12.1. The molecule has 0 rings (SSSR count). The maximum Gasteiger partial charge on any atom is 0.407 e. The number of hydrogen-bond donors (Lipinski definition) is 2. The van der Waals surface area contributed by atoms with Crippen molar-refractivity contribution in [3.05, 3.63) is 0 Å². The van der Waals surface area contributed by atoms with Crippen molar-refractivity contribution in [1.29, 1.82) is 0 Å². The van der Waals surface area contributed by atoms with E-state index >= 15 is 0 Å². The van der Waals surface area contributed by atoms with Gasteiger partial charge in [-0.3, -0.25) is 4.79 Å². The zero-order chi connectivity index (χ0) is 25.0. The summed E-state index contributed by atoms with van der Waals surface area (Å²) >= 11 is 0. The Hall–Kier alpha value is -2.03. The molecular weight excluding hydrogens is 414 g/mol. The average Bonchev–Trinajstić information content (AvgIpc) is 2.54. The minimum Gasteiger partial charge on any atom is -0.460 e. The fourth-order valence-electron chi connectivity index (χ4n) is 2.59. The number of nitrogens with one attached hydrogen (secondary N) is 2. The molecule has 9 nitrogen and oxygen atoms in total. The Morgan fingerprint density at radius 2 is 1.00 bits per heavy atom. The van der Waals surface area contributed by atoms with Crippen LogP contribution in [0.4, 0.5) is 9.59 Å². The van der Waals surface area contributed by atoms with E-state index in [1.54, 1.807) is 0 Å². The zero-order valence-corrected chi connectivity index (χ0v) is 21.6. The highest BCUT2D eigenvalue weighted by Gasteiger charge is 2.19. The molecule has 0 atom stereocenters. The van der Waals surface area contributed by atoms with Crippen LogP contribution in [0.1, 0.15) is 81.6 Å². The summed E-state index contributed by atoms with van der Waals surface area (Å²) in [5.74, 6) is -0.249. The highest BCUT2D eigenvalue weighted by Crippen LogP contribution is 2.10. The van der Waals surface area contributed by atoms with Gasteiger partial charge in [-0.1, -0.05) is 0 Å². The van der Waals surface area contributed by atoms with E-state index in [1.165, 1.54) is 0 Å². The molecule has 2 N–H and O–H groups in total. The molecule has 0 aliphatic heterocycles. The second-order valence-corrected chi connectivity index (χ2v) is 10.7. The number of carbonyl (C=O) groups excluding carboxylic acids is 3. The lowest BCUT2D eigenvalue weighted by Crippen LogP contribution is -2.37. The van der Waals surface area contributed by atoms with Crippen molar-refractivity contribution in [2.75, 3.05) is 32.7 Å². The largest absolute Gasteiger partial charge is 0.460 e. The minimum absolute atomic E-state index is 0.249. The molecule has 0 saturated heterocycles. The van der Waals surface area contributed by atoms with Crippen LogP contribution in [0.3, 0.4) is 0 Å². The highest BCUT2D eigenvalue weighted by molar-refractivity contribution is 5.70. The molecule has 0 unspecified atom stereocenters. The van der Waals surface area contributed by atoms with Crippen LogP contribution in [0.5, 0.6) is 0 Å². The molecule has 0 heterocycles. The van der Waals surface area contributed by atoms with Gasteiger partial charge in [0.05, 0.1) is 6.42 Å². The normalized spacial score (nSPS) is 12.3. The Morgan fingerprint density at radius 3 is 1.34 bits per heavy atom. The molecular formula is C23H45N3O6. The summed E-state index contributed by atoms with van der Waals surface area (Å²) in [6, 6.07) is 0. The first kappa shape index (κ1) is 30.0. The number of alkyl carbamates (subject to hydrolysis) is 2. The molecule has 0 aliphatic rings. The van der Waals surface area contributed by atoms with Gasteiger partial charge in [-0.15, -0.1) is 0 Å². The Balaban J connectivity index is 4.49. The summed E-state index contributed by atoms with van der Waals surface area (Å²) in [6.45, 7) is 19.3. The summed E-state index contributed by atoms with van der Waals surface area (Å²) in [4.78, 5) is 37.7. The van der Waals surface area contributed by atoms with E-state index in [0.29, 0.717) is 45.6 Å². The first-order valence-electron chi connectivity index (χ1n) is 11.3. The maximum atomic E-state index is 12.1. The Kier molecular flexibility index (Phi) is 12.6. The first-order chi connectivity index (χ1) is 14.5. The lowest BCUT2D eigenvalue weighted by molar-refractivity contribution is -0.155. The number of hydrogen-bond acceptors (Lipinski definition) is 7. The lowest BCUT2D eigenvalue weighted by Gasteiger charge is -2.24. The molecule has 0 bridgehead atoms. The van der Waals surface area contributed by atoms with Gasteiger partial charge in [0.1, 0.15) is 16.8 Å². The predicted molar refractivity (Wildman–Crippen MR) is 125 cm³/mol. The minimum atomic E-state index is -0.537. The van der Waals surface area contributed by atoms with E-state index in [9.17, 15) is 14.4 Å². The number of amides is 2. The van der Waals surface area contributed by atoms with Gasteiger partial charge in [0.15, 0.2) is 0 Å². The monoisotopic (exact) mass is 459 g/mol. The SMILES string of the molecule is CC(C)(C)OC(=O)CCN(CCCNC(=O)OC(C)(C)C)CCCNC(=O)OC(C)(C)C. The molecule has 0 aromatic rings. The number of esters is 1. The molecule has 2 amide bonds. The summed E-state index contributed by atoms with van der Waals surface area (Å²) in [6.07, 6.45) is 0.787. The van der Waals surface area contributed by atoms with Gasteiger partial charge in [0.25, 0.3) is 0 Å². The molecule has 0 spiro atoms. The van der Waals surface area contributed by atoms with Crippen molar-refractivity contribution in [2.24, 2.45) is 0 Å². The van der Waals surface area contributed by atoms with E-state index in [4.69, 9.17) is 14.2 Å². The molecule has 0 radical (unpaired) electrons. The standard InChI is InChI=1S/C23H45N3O6/c1-21(2,3)30-18(27)12-17-26(15-10-13-24-19(28)31-22(4,5)6)16-11-14-25-20(29)32-23(7,8)9/h10-17H2,1-9H3,(H,24,28)(H,25,29). The molecule has 32 heavy (non-hydrogen) atoms. The van der Waals surface area contributed by atoms with Crippen LogP contribution in [-0.4, -0.2) is 72.6 Å². The van der Waals surface area contributed by atoms with E-state index in [1.807, 2.05) is 62.3 Å². The van der Waals surface area contributed by atoms with Crippen molar-refractivity contribution >= 4 is 18.2 Å². The van der Waals surface area contributed by atoms with Gasteiger partial charge >= 0.3 is 18.2 Å². The van der Waals surface area contributed by atoms with Crippen LogP contribution in [-0.2, 0) is 19.0 Å². The quantitative estimate of drug-likeness (QED) is 0.275. The summed E-state index contributed by atoms with van der Waals surface area (Å²) in [5, 5.41) is 5.48. The summed E-state index contributed by atoms with van der Waals surface area (Å²) in [5.41, 5.74) is -1.59. The van der Waals surface area contributed by atoms with Gasteiger partial charge in [0.2, 0.25) is 0 Å². The van der Waals surface area contributed by atoms with Crippen LogP contribution in [0, 0.1) is 0 Å². The van der Waals surface area contributed by atoms with E-state index in [0.717, 1.165) is 0 Å². The average molecular weight is 460 g/mol. The fourth-order valence-corrected chi connectivity index (χ4v) is 2.59. The number of rotatable bonds is 11. The Labute approximate surface area is 193 Å². The third kappa shape index (κ3) is 19.9. The molecule has 0 aliphatic carbocycles. The van der Waals surface area contributed by atoms with Crippen LogP contribution in [0.25, 0.3) is 0 Å². The van der Waals surface area contributed by atoms with Crippen LogP contribution >= 0.6 is 0 Å². The van der Waals surface area contributed by atoms with Crippen molar-refractivity contribution in [2.45, 2.75) is 98.4 Å². The van der Waals surface area contributed by atoms with Gasteiger partial charge in [-0.25, -0.2) is 9.59 Å². The zero-order valence-electron chi connectivity index (χ0n) is 21.6. The number of nitrogens with zero attached hydrogens (tertiary/aromatic N) is 1. The third-order valence-electron chi connectivity index (χ3n) is 3.69. The van der Waals surface area contributed by atoms with Crippen LogP contribution in [0.2, 0.25) is 0 Å². The van der Waals surface area contributed by atoms with Crippen molar-refractivity contribution < 1.29 is 28.6 Å². The second kappa shape index (κ2) is 13.5. The Bertz CT molecular complexity index is 552. The molecule has 0 fully saturated rings. The molecule has 0 aromatic heterocycles. The second-order valence-electron chi connectivity index (χ2n) is 10.7. The fraction of sp³-hybridized carbons (Fsp3) is 0.870. The van der Waals surface area contributed by atoms with Crippen molar-refractivity contribution in [3.63, 3.8) is 0 Å². The first-order valence-corrected chi connectivity index (χ1v) is 11.3. The molecule has 0 saturated carbocycles. The predicted octanol–water partition coefficient (Wildman–Crippen LogP) is 3.85. The summed E-state index contributed by atoms with van der Waals surface area (Å²) in [7, 11) is 0. The highest BCUT2D eigenvalue weighted by atomic mass is 16.6. The van der Waals surface area contributed by atoms with Gasteiger partial charge in [0, 0.05) is 19.6 Å². The van der Waals surface area contributed by atoms with Crippen molar-refractivity contribution in [1.82, 2.24) is 15.5 Å². The van der Waals surface area contributed by atoms with E-state index in [-0.39, 0.29) is 12.4 Å². The number of carbonyl (C=O) groups is 3. The molecule has 0 aromatic carbocycles. The number of ether oxygens (including phenoxy) is 3. The van der Waals surface area contributed by atoms with Gasteiger partial charge in [-0.05, 0) is 88.2 Å². The molecule has 188 valence electrons. The summed E-state index contributed by atoms with van der Waals surface area (Å²) < 4.78 is 15.8. The van der Waals surface area contributed by atoms with Gasteiger partial charge < -0.3 is 29.7 Å². The molecule has 9 heteroatoms. The Morgan fingerprint density at radius 1 is 0.625 bits per heavy atom. The van der Waals surface area contributed by atoms with Crippen LogP contribution < -0.4 is 10.6 Å². The smallest absolute Gasteiger partial charge is 0.407 e. The van der Waals surface area contributed by atoms with E-state index in [2.05, 4.69) is 15.5 Å². The lowest BCUT2D eigenvalue weighted by atomic mass is 10.2. The third-order valence-corrected chi connectivity index (χ3v) is 3.69. The van der Waals surface area contributed by atoms with E-state index < -0.39 is 29.0 Å².